The topological polar surface area (TPSA) is 48.2 Å². The van der Waals surface area contributed by atoms with E-state index in [1.165, 1.54) is 0 Å². The summed E-state index contributed by atoms with van der Waals surface area (Å²) in [5, 5.41) is 3.35. The second-order valence-corrected chi connectivity index (χ2v) is 7.11. The maximum absolute atomic E-state index is 12.9. The normalized spacial score (nSPS) is 11.8. The number of benzene rings is 4. The van der Waals surface area contributed by atoms with Gasteiger partial charge in [0.25, 0.3) is 5.69 Å². The average Bonchev–Trinajstić information content (AvgIpc) is 2.61. The molecule has 2 radical (unpaired) electrons. The molecular weight excluding hydrogens is 318 g/mol. The fourth-order valence-corrected chi connectivity index (χ4v) is 4.12. The van der Waals surface area contributed by atoms with Crippen LogP contribution in [0.1, 0.15) is 0 Å². The molecule has 4 aromatic rings. The monoisotopic (exact) mass is 332 g/mol. The molecule has 116 valence electrons. The third kappa shape index (κ3) is 2.56. The molecule has 0 atom stereocenters. The molecule has 4 heteroatoms. The summed E-state index contributed by atoms with van der Waals surface area (Å²) < 4.78 is 29.9. The maximum Gasteiger partial charge on any atom is 0.434 e. The molecule has 4 rings (SSSR count). The van der Waals surface area contributed by atoms with Crippen LogP contribution in [0, 0.1) is 0 Å². The summed E-state index contributed by atoms with van der Waals surface area (Å²) in [5.74, 6) is 0. The van der Waals surface area contributed by atoms with E-state index < -0.39 is 10.0 Å². The molecule has 0 fully saturated rings. The van der Waals surface area contributed by atoms with Crippen LogP contribution < -0.4 is 4.72 Å². The Morgan fingerprint density at radius 2 is 1.12 bits per heavy atom. The van der Waals surface area contributed by atoms with E-state index in [9.17, 15) is 8.42 Å². The number of sulfonamides is 1. The molecule has 0 aromatic heterocycles. The Balaban J connectivity index is 1.86. The highest BCUT2D eigenvalue weighted by atomic mass is 32.2. The molecule has 0 saturated heterocycles. The van der Waals surface area contributed by atoms with Crippen molar-refractivity contribution in [2.45, 2.75) is 4.90 Å². The van der Waals surface area contributed by atoms with Crippen LogP contribution in [-0.4, -0.2) is 8.42 Å². The summed E-state index contributed by atoms with van der Waals surface area (Å²) >= 11 is 0. The zero-order valence-corrected chi connectivity index (χ0v) is 13.6. The third-order valence-electron chi connectivity index (χ3n) is 4.01. The van der Waals surface area contributed by atoms with Crippen LogP contribution in [0.4, 0.5) is 5.69 Å². The summed E-state index contributed by atoms with van der Waals surface area (Å²) in [5.41, 5.74) is 0.459. The van der Waals surface area contributed by atoms with E-state index in [0.29, 0.717) is 11.1 Å². The van der Waals surface area contributed by atoms with Crippen LogP contribution in [0.2, 0.25) is 0 Å². The van der Waals surface area contributed by atoms with Gasteiger partial charge in [0.1, 0.15) is 4.90 Å². The van der Waals surface area contributed by atoms with Crippen molar-refractivity contribution in [2.24, 2.45) is 0 Å². The van der Waals surface area contributed by atoms with Gasteiger partial charge in [-0.05, 0) is 22.9 Å². The van der Waals surface area contributed by atoms with E-state index in [4.69, 9.17) is 0 Å². The minimum absolute atomic E-state index is 0.230. The maximum atomic E-state index is 12.9. The van der Waals surface area contributed by atoms with Gasteiger partial charge in [-0.25, -0.2) is 0 Å². The first-order valence-corrected chi connectivity index (χ1v) is 9.03. The first kappa shape index (κ1) is 14.9. The molecule has 0 aliphatic carbocycles. The molecule has 0 amide bonds. The van der Waals surface area contributed by atoms with E-state index in [0.717, 1.165) is 16.2 Å². The van der Waals surface area contributed by atoms with Crippen molar-refractivity contribution in [1.82, 2.24) is 4.72 Å². The number of hydrogen-bond acceptors (Lipinski definition) is 2. The standard InChI is InChI=1S/C20H14NO2S/c22-24(23,20-14-6-10-16-8-2-4-12-18(16)20)21-19-13-5-9-15-7-1-3-11-17(15)19/h1-14H/q+1. The van der Waals surface area contributed by atoms with Gasteiger partial charge in [0, 0.05) is 11.5 Å². The Labute approximate surface area is 140 Å². The minimum Gasteiger partial charge on any atom is -0.157 e. The lowest BCUT2D eigenvalue weighted by Gasteiger charge is -2.01. The van der Waals surface area contributed by atoms with Crippen LogP contribution in [0.25, 0.3) is 21.5 Å². The molecular formula is C20H14NO2S+. The van der Waals surface area contributed by atoms with E-state index >= 15 is 0 Å². The van der Waals surface area contributed by atoms with Crippen molar-refractivity contribution in [3.8, 4) is 0 Å². The molecule has 4 aromatic carbocycles. The molecule has 0 bridgehead atoms. The van der Waals surface area contributed by atoms with Gasteiger partial charge in [-0.1, -0.05) is 66.7 Å². The van der Waals surface area contributed by atoms with Gasteiger partial charge in [0.05, 0.1) is 5.39 Å². The van der Waals surface area contributed by atoms with Gasteiger partial charge in [0.2, 0.25) is 4.72 Å². The van der Waals surface area contributed by atoms with Crippen molar-refractivity contribution in [3.63, 3.8) is 0 Å². The van der Waals surface area contributed by atoms with Crippen LogP contribution in [0.3, 0.4) is 0 Å². The van der Waals surface area contributed by atoms with E-state index in [2.05, 4.69) is 4.72 Å². The van der Waals surface area contributed by atoms with Crippen LogP contribution in [0.5, 0.6) is 0 Å². The van der Waals surface area contributed by atoms with Crippen molar-refractivity contribution in [2.75, 3.05) is 0 Å². The Morgan fingerprint density at radius 1 is 0.583 bits per heavy atom. The number of rotatable bonds is 3. The molecule has 0 saturated carbocycles. The summed E-state index contributed by atoms with van der Waals surface area (Å²) in [6, 6.07) is 25.8. The molecule has 3 nitrogen and oxygen atoms in total. The molecule has 0 N–H and O–H groups in total. The van der Waals surface area contributed by atoms with E-state index in [-0.39, 0.29) is 4.90 Å². The van der Waals surface area contributed by atoms with Crippen molar-refractivity contribution in [3.05, 3.63) is 84.9 Å². The van der Waals surface area contributed by atoms with Crippen LogP contribution in [-0.2, 0) is 10.0 Å². The summed E-state index contributed by atoms with van der Waals surface area (Å²) in [6.45, 7) is 0. The molecule has 0 heterocycles. The van der Waals surface area contributed by atoms with Gasteiger partial charge < -0.3 is 0 Å². The van der Waals surface area contributed by atoms with Crippen LogP contribution in [0.15, 0.2) is 89.8 Å². The molecule has 24 heavy (non-hydrogen) atoms. The molecule has 0 spiro atoms. The SMILES string of the molecule is O=S(=O)([N+]c1cccc2ccccc12)c1cccc2ccccc12. The minimum atomic E-state index is -3.81. The summed E-state index contributed by atoms with van der Waals surface area (Å²) in [7, 11) is -3.81. The third-order valence-corrected chi connectivity index (χ3v) is 5.36. The zero-order chi connectivity index (χ0) is 16.6. The van der Waals surface area contributed by atoms with Crippen molar-refractivity contribution >= 4 is 37.3 Å². The molecule has 0 unspecified atom stereocenters. The number of nitrogens with zero attached hydrogens (tertiary/aromatic N) is 1. The highest BCUT2D eigenvalue weighted by Crippen LogP contribution is 2.28. The quantitative estimate of drug-likeness (QED) is 0.550. The Hall–Kier alpha value is -2.69. The smallest absolute Gasteiger partial charge is 0.157 e. The summed E-state index contributed by atoms with van der Waals surface area (Å²) in [6.07, 6.45) is 0. The lowest BCUT2D eigenvalue weighted by molar-refractivity contribution is 0.591. The van der Waals surface area contributed by atoms with Gasteiger partial charge in [-0.2, -0.15) is 8.42 Å². The second kappa shape index (κ2) is 5.74. The predicted octanol–water partition coefficient (Wildman–Crippen LogP) is 4.62. The zero-order valence-electron chi connectivity index (χ0n) is 12.8. The van der Waals surface area contributed by atoms with Crippen molar-refractivity contribution < 1.29 is 8.42 Å². The molecule has 0 aliphatic heterocycles. The average molecular weight is 332 g/mol. The Kier molecular flexibility index (Phi) is 3.56. The van der Waals surface area contributed by atoms with Crippen LogP contribution >= 0.6 is 0 Å². The number of hydrogen-bond donors (Lipinski definition) is 0. The Bertz CT molecular complexity index is 1140. The van der Waals surface area contributed by atoms with Gasteiger partial charge in [-0.3, -0.25) is 0 Å². The van der Waals surface area contributed by atoms with Crippen molar-refractivity contribution in [1.29, 1.82) is 0 Å². The first-order valence-electron chi connectivity index (χ1n) is 7.59. The highest BCUT2D eigenvalue weighted by Gasteiger charge is 2.33. The largest absolute Gasteiger partial charge is 0.434 e. The highest BCUT2D eigenvalue weighted by molar-refractivity contribution is 7.89. The van der Waals surface area contributed by atoms with Gasteiger partial charge in [0.15, 0.2) is 0 Å². The van der Waals surface area contributed by atoms with Gasteiger partial charge in [-0.15, -0.1) is 0 Å². The van der Waals surface area contributed by atoms with E-state index in [1.807, 2.05) is 60.7 Å². The lowest BCUT2D eigenvalue weighted by Crippen LogP contribution is -2.12. The predicted molar refractivity (Wildman–Crippen MR) is 96.9 cm³/mol. The van der Waals surface area contributed by atoms with Gasteiger partial charge >= 0.3 is 10.0 Å². The fourth-order valence-electron chi connectivity index (χ4n) is 2.89. The molecule has 0 aliphatic rings. The first-order chi connectivity index (χ1) is 11.6. The number of fused-ring (bicyclic) bond motifs is 2. The van der Waals surface area contributed by atoms with E-state index in [1.54, 1.807) is 24.3 Å². The lowest BCUT2D eigenvalue weighted by atomic mass is 10.1. The fraction of sp³-hybridized carbons (Fsp3) is 0. The second-order valence-electron chi connectivity index (χ2n) is 5.54. The summed E-state index contributed by atoms with van der Waals surface area (Å²) in [4.78, 5) is 0.230. The Morgan fingerprint density at radius 3 is 1.88 bits per heavy atom.